The molecule has 118 valence electrons. The summed E-state index contributed by atoms with van der Waals surface area (Å²) in [6.45, 7) is 7.41. The van der Waals surface area contributed by atoms with Gasteiger partial charge in [-0.25, -0.2) is 0 Å². The quantitative estimate of drug-likeness (QED) is 0.323. The Morgan fingerprint density at radius 1 is 1.00 bits per heavy atom. The second-order valence-corrected chi connectivity index (χ2v) is 5.26. The third kappa shape index (κ3) is 7.10. The predicted molar refractivity (Wildman–Crippen MR) is 98.9 cm³/mol. The number of halogens is 1. The number of benzene rings is 1. The Balaban J connectivity index is 0.00000220. The van der Waals surface area contributed by atoms with Crippen molar-refractivity contribution in [2.45, 2.75) is 13.0 Å². The average molecular weight is 403 g/mol. The van der Waals surface area contributed by atoms with E-state index in [0.29, 0.717) is 0 Å². The third-order valence-electron chi connectivity index (χ3n) is 3.64. The number of piperazine rings is 1. The molecule has 1 saturated heterocycles. The van der Waals surface area contributed by atoms with Gasteiger partial charge < -0.3 is 16.4 Å². The number of hydrogen-bond donors (Lipinski definition) is 2. The van der Waals surface area contributed by atoms with Crippen molar-refractivity contribution in [2.75, 3.05) is 39.3 Å². The number of hydrogen-bond acceptors (Lipinski definition) is 3. The molecule has 0 amide bonds. The van der Waals surface area contributed by atoms with Gasteiger partial charge in [0, 0.05) is 45.8 Å². The number of rotatable bonds is 6. The molecule has 0 bridgehead atoms. The lowest BCUT2D eigenvalue weighted by molar-refractivity contribution is 0.127. The number of guanidine groups is 1. The van der Waals surface area contributed by atoms with E-state index in [2.05, 4.69) is 45.1 Å². The average Bonchev–Trinajstić information content (AvgIpc) is 2.46. The highest BCUT2D eigenvalue weighted by Crippen LogP contribution is 2.08. The van der Waals surface area contributed by atoms with Crippen molar-refractivity contribution in [3.05, 3.63) is 35.9 Å². The normalized spacial score (nSPS) is 16.2. The van der Waals surface area contributed by atoms with E-state index < -0.39 is 0 Å². The number of nitrogens with zero attached hydrogens (tertiary/aromatic N) is 3. The molecule has 1 aromatic carbocycles. The van der Waals surface area contributed by atoms with Crippen LogP contribution in [0.2, 0.25) is 0 Å². The highest BCUT2D eigenvalue weighted by Gasteiger charge is 2.16. The Labute approximate surface area is 144 Å². The van der Waals surface area contributed by atoms with E-state index in [0.717, 1.165) is 52.2 Å². The van der Waals surface area contributed by atoms with Crippen LogP contribution in [-0.2, 0) is 6.54 Å². The molecule has 1 heterocycles. The lowest BCUT2D eigenvalue weighted by Gasteiger charge is -2.34. The smallest absolute Gasteiger partial charge is 0.185 e. The highest BCUT2D eigenvalue weighted by molar-refractivity contribution is 14.0. The fraction of sp³-hybridized carbons (Fsp3) is 0.533. The zero-order valence-corrected chi connectivity index (χ0v) is 14.8. The van der Waals surface area contributed by atoms with Crippen LogP contribution in [0.25, 0.3) is 0 Å². The van der Waals surface area contributed by atoms with Gasteiger partial charge in [0.15, 0.2) is 5.96 Å². The fourth-order valence-electron chi connectivity index (χ4n) is 2.52. The molecule has 4 N–H and O–H groups in total. The van der Waals surface area contributed by atoms with E-state index in [4.69, 9.17) is 11.5 Å². The summed E-state index contributed by atoms with van der Waals surface area (Å²) in [4.78, 5) is 9.02. The summed E-state index contributed by atoms with van der Waals surface area (Å²) in [5, 5.41) is 0. The Morgan fingerprint density at radius 3 is 2.24 bits per heavy atom. The summed E-state index contributed by atoms with van der Waals surface area (Å²) in [6, 6.07) is 10.7. The summed E-state index contributed by atoms with van der Waals surface area (Å²) in [5.74, 6) is 0.192. The van der Waals surface area contributed by atoms with Gasteiger partial charge in [0.2, 0.25) is 0 Å². The van der Waals surface area contributed by atoms with Gasteiger partial charge in [0.1, 0.15) is 0 Å². The SMILES string of the molecule is I.NC(N)=NCCCN1CCN(Cc2ccccc2)CC1. The van der Waals surface area contributed by atoms with E-state index in [1.54, 1.807) is 0 Å². The molecule has 1 aliphatic heterocycles. The first-order chi connectivity index (χ1) is 9.74. The van der Waals surface area contributed by atoms with Crippen molar-refractivity contribution in [2.24, 2.45) is 16.5 Å². The number of aliphatic imine (C=N–C) groups is 1. The lowest BCUT2D eigenvalue weighted by Crippen LogP contribution is -2.46. The van der Waals surface area contributed by atoms with Gasteiger partial charge >= 0.3 is 0 Å². The molecule has 0 unspecified atom stereocenters. The van der Waals surface area contributed by atoms with Crippen LogP contribution in [0.4, 0.5) is 0 Å². The first-order valence-corrected chi connectivity index (χ1v) is 7.28. The Morgan fingerprint density at radius 2 is 1.62 bits per heavy atom. The van der Waals surface area contributed by atoms with E-state index in [9.17, 15) is 0 Å². The summed E-state index contributed by atoms with van der Waals surface area (Å²) < 4.78 is 0. The van der Waals surface area contributed by atoms with E-state index in [-0.39, 0.29) is 29.9 Å². The van der Waals surface area contributed by atoms with Crippen molar-refractivity contribution >= 4 is 29.9 Å². The van der Waals surface area contributed by atoms with Crippen molar-refractivity contribution in [1.29, 1.82) is 0 Å². The van der Waals surface area contributed by atoms with Crippen molar-refractivity contribution < 1.29 is 0 Å². The molecule has 0 radical (unpaired) electrons. The van der Waals surface area contributed by atoms with Crippen LogP contribution in [-0.4, -0.2) is 55.0 Å². The summed E-state index contributed by atoms with van der Waals surface area (Å²) in [7, 11) is 0. The molecule has 1 aromatic rings. The van der Waals surface area contributed by atoms with Crippen LogP contribution in [0.15, 0.2) is 35.3 Å². The monoisotopic (exact) mass is 403 g/mol. The molecule has 1 fully saturated rings. The topological polar surface area (TPSA) is 70.9 Å². The van der Waals surface area contributed by atoms with Crippen LogP contribution in [0.1, 0.15) is 12.0 Å². The minimum absolute atomic E-state index is 0. The van der Waals surface area contributed by atoms with Gasteiger partial charge in [0.05, 0.1) is 0 Å². The predicted octanol–water partition coefficient (Wildman–Crippen LogP) is 1.09. The molecule has 21 heavy (non-hydrogen) atoms. The maximum Gasteiger partial charge on any atom is 0.185 e. The molecule has 1 aliphatic rings. The molecule has 0 aromatic heterocycles. The van der Waals surface area contributed by atoms with Crippen LogP contribution in [0.3, 0.4) is 0 Å². The largest absolute Gasteiger partial charge is 0.370 e. The minimum Gasteiger partial charge on any atom is -0.370 e. The van der Waals surface area contributed by atoms with Crippen LogP contribution < -0.4 is 11.5 Å². The van der Waals surface area contributed by atoms with Crippen LogP contribution >= 0.6 is 24.0 Å². The van der Waals surface area contributed by atoms with Crippen LogP contribution in [0, 0.1) is 0 Å². The maximum atomic E-state index is 5.31. The molecular weight excluding hydrogens is 377 g/mol. The van der Waals surface area contributed by atoms with Crippen molar-refractivity contribution in [3.63, 3.8) is 0 Å². The lowest BCUT2D eigenvalue weighted by atomic mass is 10.2. The molecule has 6 heteroatoms. The van der Waals surface area contributed by atoms with Gasteiger partial charge in [0.25, 0.3) is 0 Å². The van der Waals surface area contributed by atoms with Gasteiger partial charge in [-0.3, -0.25) is 9.89 Å². The molecule has 0 atom stereocenters. The van der Waals surface area contributed by atoms with E-state index >= 15 is 0 Å². The molecule has 2 rings (SSSR count). The third-order valence-corrected chi connectivity index (χ3v) is 3.64. The minimum atomic E-state index is 0. The standard InChI is InChI=1S/C15H25N5.HI/c16-15(17)18-7-4-8-19-9-11-20(12-10-19)13-14-5-2-1-3-6-14;/h1-3,5-6H,4,7-13H2,(H4,16,17,18);1H. The second-order valence-electron chi connectivity index (χ2n) is 5.26. The van der Waals surface area contributed by atoms with Crippen molar-refractivity contribution in [1.82, 2.24) is 9.80 Å². The first kappa shape index (κ1) is 18.2. The summed E-state index contributed by atoms with van der Waals surface area (Å²) in [6.07, 6.45) is 1.02. The maximum absolute atomic E-state index is 5.31. The summed E-state index contributed by atoms with van der Waals surface area (Å²) >= 11 is 0. The molecule has 0 saturated carbocycles. The van der Waals surface area contributed by atoms with Crippen LogP contribution in [0.5, 0.6) is 0 Å². The molecule has 0 aliphatic carbocycles. The molecule has 0 spiro atoms. The molecular formula is C15H26IN5. The Bertz CT molecular complexity index is 411. The molecule has 5 nitrogen and oxygen atoms in total. The Hall–Kier alpha value is -0.860. The highest BCUT2D eigenvalue weighted by atomic mass is 127. The van der Waals surface area contributed by atoms with E-state index in [1.165, 1.54) is 5.56 Å². The van der Waals surface area contributed by atoms with Gasteiger partial charge in [-0.1, -0.05) is 30.3 Å². The van der Waals surface area contributed by atoms with E-state index in [1.807, 2.05) is 0 Å². The van der Waals surface area contributed by atoms with Gasteiger partial charge in [-0.05, 0) is 12.0 Å². The zero-order chi connectivity index (χ0) is 14.2. The van der Waals surface area contributed by atoms with Gasteiger partial charge in [-0.2, -0.15) is 0 Å². The summed E-state index contributed by atoms with van der Waals surface area (Å²) in [5.41, 5.74) is 12.0. The fourth-order valence-corrected chi connectivity index (χ4v) is 2.52. The second kappa shape index (κ2) is 9.97. The Kier molecular flexibility index (Phi) is 8.63. The van der Waals surface area contributed by atoms with Gasteiger partial charge in [-0.15, -0.1) is 24.0 Å². The first-order valence-electron chi connectivity index (χ1n) is 7.28. The number of nitrogens with two attached hydrogens (primary N) is 2. The van der Waals surface area contributed by atoms with Crippen molar-refractivity contribution in [3.8, 4) is 0 Å². The zero-order valence-electron chi connectivity index (χ0n) is 12.4.